The van der Waals surface area contributed by atoms with Gasteiger partial charge in [-0.2, -0.15) is 0 Å². The molecule has 1 nitrogen and oxygen atoms in total. The summed E-state index contributed by atoms with van der Waals surface area (Å²) in [7, 11) is 0. The van der Waals surface area contributed by atoms with Crippen molar-refractivity contribution in [2.75, 3.05) is 6.61 Å². The normalized spacial score (nSPS) is 17.5. The molecule has 0 unspecified atom stereocenters. The van der Waals surface area contributed by atoms with E-state index in [1.807, 2.05) is 6.08 Å². The molecule has 0 aliphatic carbocycles. The molecule has 0 amide bonds. The number of allylic oxidation sites excluding steroid dienone is 2. The second-order valence-electron chi connectivity index (χ2n) is 4.20. The summed E-state index contributed by atoms with van der Waals surface area (Å²) < 4.78 is 5.18. The van der Waals surface area contributed by atoms with Gasteiger partial charge in [-0.15, -0.1) is 0 Å². The lowest BCUT2D eigenvalue weighted by atomic mass is 9.88. The van der Waals surface area contributed by atoms with Crippen LogP contribution in [-0.4, -0.2) is 6.61 Å². The van der Waals surface area contributed by atoms with Crippen LogP contribution in [0.5, 0.6) is 0 Å². The van der Waals surface area contributed by atoms with E-state index in [0.29, 0.717) is 5.41 Å². The van der Waals surface area contributed by atoms with Crippen molar-refractivity contribution in [3.8, 4) is 0 Å². The summed E-state index contributed by atoms with van der Waals surface area (Å²) in [5, 5.41) is 0. The highest BCUT2D eigenvalue weighted by Crippen LogP contribution is 2.24. The van der Waals surface area contributed by atoms with Gasteiger partial charge >= 0.3 is 0 Å². The molecule has 11 heavy (non-hydrogen) atoms. The van der Waals surface area contributed by atoms with Crippen LogP contribution in [0.15, 0.2) is 24.0 Å². The zero-order valence-corrected chi connectivity index (χ0v) is 7.55. The largest absolute Gasteiger partial charge is 0.497 e. The minimum absolute atomic E-state index is 0.375. The van der Waals surface area contributed by atoms with E-state index in [-0.39, 0.29) is 0 Å². The molecule has 0 aromatic carbocycles. The van der Waals surface area contributed by atoms with Gasteiger partial charge in [0, 0.05) is 0 Å². The van der Waals surface area contributed by atoms with Crippen LogP contribution in [-0.2, 0) is 4.74 Å². The Morgan fingerprint density at radius 3 is 2.64 bits per heavy atom. The van der Waals surface area contributed by atoms with Crippen LogP contribution in [0.3, 0.4) is 0 Å². The van der Waals surface area contributed by atoms with Crippen molar-refractivity contribution < 1.29 is 4.74 Å². The first kappa shape index (κ1) is 8.38. The standard InChI is InChI=1S/C10H16O/c1-10(2,3)7-9-5-4-6-11-8-9/h4-6H,7-8H2,1-3H3. The molecule has 62 valence electrons. The summed E-state index contributed by atoms with van der Waals surface area (Å²) in [6, 6.07) is 0. The highest BCUT2D eigenvalue weighted by molar-refractivity contribution is 5.16. The van der Waals surface area contributed by atoms with E-state index in [0.717, 1.165) is 13.0 Å². The Morgan fingerprint density at radius 1 is 1.45 bits per heavy atom. The molecule has 0 spiro atoms. The average Bonchev–Trinajstić information content (AvgIpc) is 1.85. The lowest BCUT2D eigenvalue weighted by Crippen LogP contribution is -2.09. The third kappa shape index (κ3) is 3.26. The van der Waals surface area contributed by atoms with E-state index in [4.69, 9.17) is 4.74 Å². The van der Waals surface area contributed by atoms with Crippen molar-refractivity contribution >= 4 is 0 Å². The number of rotatable bonds is 1. The van der Waals surface area contributed by atoms with E-state index in [1.54, 1.807) is 6.26 Å². The summed E-state index contributed by atoms with van der Waals surface area (Å²) in [6.45, 7) is 7.50. The molecule has 0 fully saturated rings. The Morgan fingerprint density at radius 2 is 2.18 bits per heavy atom. The van der Waals surface area contributed by atoms with Crippen LogP contribution in [0, 0.1) is 5.41 Å². The van der Waals surface area contributed by atoms with E-state index in [2.05, 4.69) is 26.8 Å². The SMILES string of the molecule is CC(C)(C)CC1=CC=COC1. The third-order valence-electron chi connectivity index (χ3n) is 1.53. The third-order valence-corrected chi connectivity index (χ3v) is 1.53. The highest BCUT2D eigenvalue weighted by Gasteiger charge is 2.13. The molecule has 0 aromatic heterocycles. The van der Waals surface area contributed by atoms with Crippen molar-refractivity contribution in [2.24, 2.45) is 5.41 Å². The first-order valence-corrected chi connectivity index (χ1v) is 4.04. The van der Waals surface area contributed by atoms with Gasteiger partial charge in [0.2, 0.25) is 0 Å². The summed E-state index contributed by atoms with van der Waals surface area (Å²) in [5.74, 6) is 0. The van der Waals surface area contributed by atoms with Crippen molar-refractivity contribution in [3.05, 3.63) is 24.0 Å². The van der Waals surface area contributed by atoms with Gasteiger partial charge in [-0.3, -0.25) is 0 Å². The molecular formula is C10H16O. The minimum atomic E-state index is 0.375. The molecule has 0 saturated carbocycles. The Hall–Kier alpha value is -0.720. The zero-order valence-electron chi connectivity index (χ0n) is 7.55. The molecule has 0 atom stereocenters. The van der Waals surface area contributed by atoms with E-state index < -0.39 is 0 Å². The first-order valence-electron chi connectivity index (χ1n) is 4.04. The summed E-state index contributed by atoms with van der Waals surface area (Å²) in [4.78, 5) is 0. The topological polar surface area (TPSA) is 9.23 Å². The Balaban J connectivity index is 2.49. The quantitative estimate of drug-likeness (QED) is 0.561. The maximum Gasteiger partial charge on any atom is 0.109 e. The van der Waals surface area contributed by atoms with Crippen LogP contribution in [0.25, 0.3) is 0 Å². The molecule has 1 rings (SSSR count). The second kappa shape index (κ2) is 3.12. The monoisotopic (exact) mass is 152 g/mol. The fourth-order valence-corrected chi connectivity index (χ4v) is 1.23. The Kier molecular flexibility index (Phi) is 2.38. The molecule has 1 aliphatic rings. The van der Waals surface area contributed by atoms with Gasteiger partial charge in [0.15, 0.2) is 0 Å². The van der Waals surface area contributed by atoms with Crippen LogP contribution in [0.1, 0.15) is 27.2 Å². The number of hydrogen-bond donors (Lipinski definition) is 0. The lowest BCUT2D eigenvalue weighted by Gasteiger charge is -2.21. The number of ether oxygens (including phenoxy) is 1. The maximum absolute atomic E-state index is 5.18. The number of hydrogen-bond acceptors (Lipinski definition) is 1. The minimum Gasteiger partial charge on any atom is -0.497 e. The molecule has 1 heterocycles. The fourth-order valence-electron chi connectivity index (χ4n) is 1.23. The van der Waals surface area contributed by atoms with Gasteiger partial charge in [-0.05, 0) is 23.5 Å². The molecule has 0 aromatic rings. The van der Waals surface area contributed by atoms with Crippen LogP contribution in [0.2, 0.25) is 0 Å². The van der Waals surface area contributed by atoms with Gasteiger partial charge in [-0.25, -0.2) is 0 Å². The van der Waals surface area contributed by atoms with Crippen LogP contribution >= 0.6 is 0 Å². The molecule has 1 aliphatic heterocycles. The van der Waals surface area contributed by atoms with Crippen molar-refractivity contribution in [3.63, 3.8) is 0 Å². The predicted octanol–water partition coefficient (Wildman–Crippen LogP) is 2.89. The van der Waals surface area contributed by atoms with Crippen molar-refractivity contribution in [1.29, 1.82) is 0 Å². The molecule has 0 bridgehead atoms. The highest BCUT2D eigenvalue weighted by atomic mass is 16.5. The van der Waals surface area contributed by atoms with Gasteiger partial charge in [-0.1, -0.05) is 26.8 Å². The van der Waals surface area contributed by atoms with Crippen LogP contribution < -0.4 is 0 Å². The second-order valence-corrected chi connectivity index (χ2v) is 4.20. The summed E-state index contributed by atoms with van der Waals surface area (Å²) in [6.07, 6.45) is 6.98. The molecular weight excluding hydrogens is 136 g/mol. The maximum atomic E-state index is 5.18. The Bertz CT molecular complexity index is 182. The first-order chi connectivity index (χ1) is 5.08. The summed E-state index contributed by atoms with van der Waals surface area (Å²) in [5.41, 5.74) is 1.76. The van der Waals surface area contributed by atoms with Gasteiger partial charge in [0.25, 0.3) is 0 Å². The average molecular weight is 152 g/mol. The smallest absolute Gasteiger partial charge is 0.109 e. The zero-order chi connectivity index (χ0) is 8.32. The van der Waals surface area contributed by atoms with E-state index >= 15 is 0 Å². The molecule has 0 saturated heterocycles. The Labute approximate surface area is 68.8 Å². The lowest BCUT2D eigenvalue weighted by molar-refractivity contribution is 0.259. The molecule has 1 heteroatoms. The van der Waals surface area contributed by atoms with Crippen LogP contribution in [0.4, 0.5) is 0 Å². The fraction of sp³-hybridized carbons (Fsp3) is 0.600. The van der Waals surface area contributed by atoms with Crippen molar-refractivity contribution in [2.45, 2.75) is 27.2 Å². The summed E-state index contributed by atoms with van der Waals surface area (Å²) >= 11 is 0. The molecule has 0 radical (unpaired) electrons. The predicted molar refractivity (Wildman–Crippen MR) is 47.2 cm³/mol. The van der Waals surface area contributed by atoms with E-state index in [9.17, 15) is 0 Å². The van der Waals surface area contributed by atoms with Gasteiger partial charge < -0.3 is 4.74 Å². The van der Waals surface area contributed by atoms with Crippen molar-refractivity contribution in [1.82, 2.24) is 0 Å². The van der Waals surface area contributed by atoms with Gasteiger partial charge in [0.1, 0.15) is 6.61 Å². The molecule has 0 N–H and O–H groups in total. The van der Waals surface area contributed by atoms with E-state index in [1.165, 1.54) is 5.57 Å². The van der Waals surface area contributed by atoms with Gasteiger partial charge in [0.05, 0.1) is 6.26 Å².